The highest BCUT2D eigenvalue weighted by atomic mass is 35.5. The molecule has 1 atom stereocenters. The molecule has 1 amide bonds. The fraction of sp³-hybridized carbons (Fsp3) is 0.188. The maximum absolute atomic E-state index is 11.8. The van der Waals surface area contributed by atoms with Gasteiger partial charge in [0.1, 0.15) is 6.61 Å². The van der Waals surface area contributed by atoms with Gasteiger partial charge in [0.05, 0.1) is 12.6 Å². The lowest BCUT2D eigenvalue weighted by atomic mass is 10.1. The summed E-state index contributed by atoms with van der Waals surface area (Å²) in [7, 11) is 0. The zero-order valence-corrected chi connectivity index (χ0v) is 12.1. The van der Waals surface area contributed by atoms with Gasteiger partial charge in [-0.1, -0.05) is 54.1 Å². The minimum absolute atomic E-state index is 0.181. The van der Waals surface area contributed by atoms with Crippen LogP contribution in [-0.4, -0.2) is 17.8 Å². The number of alkyl carbamates (subject to hydrolysis) is 1. The second-order valence-electron chi connectivity index (χ2n) is 4.50. The number of rotatable bonds is 5. The van der Waals surface area contributed by atoms with E-state index in [-0.39, 0.29) is 13.2 Å². The van der Waals surface area contributed by atoms with E-state index in [1.165, 1.54) is 0 Å². The molecule has 0 unspecified atom stereocenters. The predicted molar refractivity (Wildman–Crippen MR) is 81.0 cm³/mol. The predicted octanol–water partition coefficient (Wildman–Crippen LogP) is 3.30. The molecule has 0 fully saturated rings. The number of carbonyl (C=O) groups excluding carboxylic acids is 1. The number of aliphatic hydroxyl groups excluding tert-OH is 1. The van der Waals surface area contributed by atoms with Crippen molar-refractivity contribution in [3.63, 3.8) is 0 Å². The van der Waals surface area contributed by atoms with E-state index in [2.05, 4.69) is 5.32 Å². The van der Waals surface area contributed by atoms with Crippen LogP contribution in [0.2, 0.25) is 5.02 Å². The Morgan fingerprint density at radius 1 is 1.19 bits per heavy atom. The second kappa shape index (κ2) is 7.67. The molecule has 0 aliphatic heterocycles. The van der Waals surface area contributed by atoms with Crippen molar-refractivity contribution in [3.05, 3.63) is 70.7 Å². The zero-order chi connectivity index (χ0) is 15.1. The van der Waals surface area contributed by atoms with Gasteiger partial charge in [0.2, 0.25) is 0 Å². The largest absolute Gasteiger partial charge is 0.445 e. The van der Waals surface area contributed by atoms with Gasteiger partial charge in [0, 0.05) is 5.02 Å². The SMILES string of the molecule is O=C(N[C@H](CO)c1cccc(Cl)c1)OCc1ccccc1. The van der Waals surface area contributed by atoms with Crippen LogP contribution in [0.1, 0.15) is 17.2 Å². The van der Waals surface area contributed by atoms with Crippen LogP contribution in [0.5, 0.6) is 0 Å². The van der Waals surface area contributed by atoms with Gasteiger partial charge < -0.3 is 15.2 Å². The number of carbonyl (C=O) groups is 1. The molecule has 0 aliphatic rings. The Bertz CT molecular complexity index is 589. The van der Waals surface area contributed by atoms with Crippen LogP contribution in [0.15, 0.2) is 54.6 Å². The van der Waals surface area contributed by atoms with E-state index in [0.29, 0.717) is 5.02 Å². The lowest BCUT2D eigenvalue weighted by Gasteiger charge is -2.17. The Balaban J connectivity index is 1.91. The van der Waals surface area contributed by atoms with E-state index < -0.39 is 12.1 Å². The van der Waals surface area contributed by atoms with Crippen molar-refractivity contribution in [3.8, 4) is 0 Å². The number of benzene rings is 2. The van der Waals surface area contributed by atoms with Gasteiger partial charge in [-0.25, -0.2) is 4.79 Å². The van der Waals surface area contributed by atoms with Gasteiger partial charge in [-0.15, -0.1) is 0 Å². The highest BCUT2D eigenvalue weighted by molar-refractivity contribution is 6.30. The highest BCUT2D eigenvalue weighted by Gasteiger charge is 2.14. The van der Waals surface area contributed by atoms with Crippen molar-refractivity contribution in [2.24, 2.45) is 0 Å². The third-order valence-electron chi connectivity index (χ3n) is 2.94. The molecule has 0 radical (unpaired) electrons. The molecule has 0 heterocycles. The Morgan fingerprint density at radius 2 is 1.95 bits per heavy atom. The molecule has 2 rings (SSSR count). The first-order chi connectivity index (χ1) is 10.2. The van der Waals surface area contributed by atoms with Crippen molar-refractivity contribution in [2.75, 3.05) is 6.61 Å². The molecule has 4 nitrogen and oxygen atoms in total. The molecule has 5 heteroatoms. The Kier molecular flexibility index (Phi) is 5.60. The Hall–Kier alpha value is -2.04. The number of nitrogens with one attached hydrogen (secondary N) is 1. The van der Waals surface area contributed by atoms with Crippen LogP contribution >= 0.6 is 11.6 Å². The summed E-state index contributed by atoms with van der Waals surface area (Å²) in [5.41, 5.74) is 1.62. The number of halogens is 1. The summed E-state index contributed by atoms with van der Waals surface area (Å²) in [6, 6.07) is 15.8. The minimum Gasteiger partial charge on any atom is -0.445 e. The fourth-order valence-electron chi connectivity index (χ4n) is 1.86. The van der Waals surface area contributed by atoms with E-state index in [0.717, 1.165) is 11.1 Å². The third kappa shape index (κ3) is 4.77. The van der Waals surface area contributed by atoms with Crippen molar-refractivity contribution in [1.82, 2.24) is 5.32 Å². The van der Waals surface area contributed by atoms with Crippen molar-refractivity contribution in [2.45, 2.75) is 12.6 Å². The molecule has 0 bridgehead atoms. The van der Waals surface area contributed by atoms with Crippen molar-refractivity contribution in [1.29, 1.82) is 0 Å². The first-order valence-corrected chi connectivity index (χ1v) is 6.90. The van der Waals surface area contributed by atoms with Crippen LogP contribution in [0.3, 0.4) is 0 Å². The van der Waals surface area contributed by atoms with E-state index in [9.17, 15) is 9.90 Å². The first kappa shape index (κ1) is 15.4. The minimum atomic E-state index is -0.585. The van der Waals surface area contributed by atoms with E-state index in [1.807, 2.05) is 30.3 Å². The van der Waals surface area contributed by atoms with E-state index in [1.54, 1.807) is 24.3 Å². The van der Waals surface area contributed by atoms with Crippen LogP contribution in [0.4, 0.5) is 4.79 Å². The van der Waals surface area contributed by atoms with Gasteiger partial charge in [0.15, 0.2) is 0 Å². The standard InChI is InChI=1S/C16H16ClNO3/c17-14-8-4-7-13(9-14)15(10-19)18-16(20)21-11-12-5-2-1-3-6-12/h1-9,15,19H,10-11H2,(H,18,20)/t15-/m1/s1. The van der Waals surface area contributed by atoms with Gasteiger partial charge in [-0.3, -0.25) is 0 Å². The summed E-state index contributed by atoms with van der Waals surface area (Å²) in [6.07, 6.45) is -0.585. The number of ether oxygens (including phenoxy) is 1. The van der Waals surface area contributed by atoms with Gasteiger partial charge in [-0.2, -0.15) is 0 Å². The average molecular weight is 306 g/mol. The molecule has 0 saturated carbocycles. The van der Waals surface area contributed by atoms with Gasteiger partial charge in [-0.05, 0) is 23.3 Å². The van der Waals surface area contributed by atoms with Crippen LogP contribution < -0.4 is 5.32 Å². The molecule has 2 aromatic carbocycles. The molecule has 0 spiro atoms. The fourth-order valence-corrected chi connectivity index (χ4v) is 2.06. The number of hydrogen-bond acceptors (Lipinski definition) is 3. The smallest absolute Gasteiger partial charge is 0.408 e. The summed E-state index contributed by atoms with van der Waals surface area (Å²) in [4.78, 5) is 11.8. The lowest BCUT2D eigenvalue weighted by Crippen LogP contribution is -2.31. The number of amides is 1. The number of hydrogen-bond donors (Lipinski definition) is 2. The Labute approximate surface area is 128 Å². The Morgan fingerprint density at radius 3 is 2.62 bits per heavy atom. The van der Waals surface area contributed by atoms with Gasteiger partial charge in [0.25, 0.3) is 0 Å². The van der Waals surface area contributed by atoms with Crippen molar-refractivity contribution < 1.29 is 14.6 Å². The molecule has 0 aromatic heterocycles. The summed E-state index contributed by atoms with van der Waals surface area (Å²) < 4.78 is 5.12. The third-order valence-corrected chi connectivity index (χ3v) is 3.17. The molecule has 21 heavy (non-hydrogen) atoms. The lowest BCUT2D eigenvalue weighted by molar-refractivity contribution is 0.129. The molecule has 0 saturated heterocycles. The van der Waals surface area contributed by atoms with Crippen LogP contribution in [0.25, 0.3) is 0 Å². The highest BCUT2D eigenvalue weighted by Crippen LogP contribution is 2.17. The molecular weight excluding hydrogens is 290 g/mol. The first-order valence-electron chi connectivity index (χ1n) is 6.52. The molecule has 2 N–H and O–H groups in total. The maximum atomic E-state index is 11.8. The summed E-state index contributed by atoms with van der Waals surface area (Å²) >= 11 is 5.90. The molecular formula is C16H16ClNO3. The second-order valence-corrected chi connectivity index (χ2v) is 4.93. The maximum Gasteiger partial charge on any atom is 0.408 e. The quantitative estimate of drug-likeness (QED) is 0.891. The molecule has 110 valence electrons. The summed E-state index contributed by atoms with van der Waals surface area (Å²) in [5, 5.41) is 12.5. The average Bonchev–Trinajstić information content (AvgIpc) is 2.51. The number of aliphatic hydroxyl groups is 1. The summed E-state index contributed by atoms with van der Waals surface area (Å²) in [6.45, 7) is -0.0544. The normalized spacial score (nSPS) is 11.7. The molecule has 0 aliphatic carbocycles. The molecule has 2 aromatic rings. The van der Waals surface area contributed by atoms with Crippen molar-refractivity contribution >= 4 is 17.7 Å². The van der Waals surface area contributed by atoms with Gasteiger partial charge >= 0.3 is 6.09 Å². The van der Waals surface area contributed by atoms with Crippen LogP contribution in [-0.2, 0) is 11.3 Å². The zero-order valence-electron chi connectivity index (χ0n) is 11.3. The van der Waals surface area contributed by atoms with Crippen LogP contribution in [0, 0.1) is 0 Å². The topological polar surface area (TPSA) is 58.6 Å². The summed E-state index contributed by atoms with van der Waals surface area (Å²) in [5.74, 6) is 0. The van der Waals surface area contributed by atoms with E-state index >= 15 is 0 Å². The monoisotopic (exact) mass is 305 g/mol. The van der Waals surface area contributed by atoms with E-state index in [4.69, 9.17) is 16.3 Å².